The lowest BCUT2D eigenvalue weighted by molar-refractivity contribution is -0.130. The Kier molecular flexibility index (Phi) is 6.25. The van der Waals surface area contributed by atoms with E-state index in [0.29, 0.717) is 11.3 Å². The molecule has 3 aliphatic rings. The molecular formula is C29H25Cl2N3O8. The second-order valence-corrected chi connectivity index (χ2v) is 11.3. The predicted molar refractivity (Wildman–Crippen MR) is 154 cm³/mol. The number of methoxy groups -OCH3 is 2. The monoisotopic (exact) mass is 613 g/mol. The van der Waals surface area contributed by atoms with E-state index in [9.17, 15) is 24.3 Å². The Hall–Kier alpha value is -4.22. The van der Waals surface area contributed by atoms with Crippen molar-refractivity contribution in [2.75, 3.05) is 19.5 Å². The van der Waals surface area contributed by atoms with Crippen LogP contribution in [0.5, 0.6) is 23.0 Å². The second kappa shape index (κ2) is 9.40. The maximum absolute atomic E-state index is 14.8. The van der Waals surface area contributed by atoms with Crippen LogP contribution in [-0.2, 0) is 18.9 Å². The molecule has 42 heavy (non-hydrogen) atoms. The summed E-state index contributed by atoms with van der Waals surface area (Å²) in [6, 6.07) is 5.78. The van der Waals surface area contributed by atoms with Crippen LogP contribution in [0.15, 0.2) is 45.1 Å². The van der Waals surface area contributed by atoms with Gasteiger partial charge >= 0.3 is 5.69 Å². The van der Waals surface area contributed by atoms with Crippen molar-refractivity contribution < 1.29 is 28.9 Å². The fourth-order valence-corrected chi connectivity index (χ4v) is 6.68. The quantitative estimate of drug-likeness (QED) is 0.425. The Balaban J connectivity index is 1.63. The Labute approximate surface area is 248 Å². The molecule has 13 heteroatoms. The highest BCUT2D eigenvalue weighted by Gasteiger charge is 2.63. The molecule has 1 aromatic heterocycles. The molecule has 3 heterocycles. The summed E-state index contributed by atoms with van der Waals surface area (Å²) in [6.07, 6.45) is 0.142. The summed E-state index contributed by atoms with van der Waals surface area (Å²) >= 11 is 12.9. The molecule has 2 aromatic carbocycles. The number of allylic oxidation sites excluding steroid dienone is 1. The number of ketones is 2. The summed E-state index contributed by atoms with van der Waals surface area (Å²) in [6.45, 7) is 1.70. The number of benzene rings is 2. The van der Waals surface area contributed by atoms with Crippen molar-refractivity contribution in [3.05, 3.63) is 83.1 Å². The van der Waals surface area contributed by atoms with E-state index in [0.717, 1.165) is 4.57 Å². The normalized spacial score (nSPS) is 22.4. The topological polar surface area (TPSA) is 138 Å². The van der Waals surface area contributed by atoms with Gasteiger partial charge in [0.05, 0.1) is 24.8 Å². The first kappa shape index (κ1) is 27.9. The van der Waals surface area contributed by atoms with Crippen LogP contribution < -0.4 is 30.8 Å². The van der Waals surface area contributed by atoms with Gasteiger partial charge in [-0.15, -0.1) is 0 Å². The number of anilines is 1. The maximum atomic E-state index is 14.8. The first-order chi connectivity index (χ1) is 19.9. The summed E-state index contributed by atoms with van der Waals surface area (Å²) in [4.78, 5) is 55.6. The number of Topliss-reactive ketones (excluding diaryl/α,β-unsaturated/α-hetero) is 2. The van der Waals surface area contributed by atoms with Crippen molar-refractivity contribution in [2.24, 2.45) is 20.0 Å². The SMILES string of the molecule is COc1cc(OC)c2c(c1Cl)O[C@@]1(C(=O)C3=C(C[C@H]1C)Nc1c(c(=O)n(C)c(=O)n1C)[C@@H]3c1ccc(O)c(Cl)c1)C2=O. The molecule has 6 rings (SSSR count). The number of carbonyl (C=O) groups excluding carboxylic acids is 2. The Bertz CT molecular complexity index is 1910. The minimum Gasteiger partial charge on any atom is -0.506 e. The van der Waals surface area contributed by atoms with Gasteiger partial charge in [-0.25, -0.2) is 4.79 Å². The third kappa shape index (κ3) is 3.46. The summed E-state index contributed by atoms with van der Waals surface area (Å²) in [7, 11) is 5.62. The summed E-state index contributed by atoms with van der Waals surface area (Å²) in [5, 5.41) is 13.3. The Morgan fingerprint density at radius 1 is 1.02 bits per heavy atom. The minimum atomic E-state index is -2.03. The lowest BCUT2D eigenvalue weighted by Crippen LogP contribution is -2.58. The van der Waals surface area contributed by atoms with Crippen LogP contribution in [0.1, 0.15) is 40.7 Å². The number of phenols is 1. The molecule has 0 amide bonds. The van der Waals surface area contributed by atoms with E-state index in [2.05, 4.69) is 5.32 Å². The maximum Gasteiger partial charge on any atom is 0.332 e. The molecule has 0 saturated carbocycles. The van der Waals surface area contributed by atoms with E-state index >= 15 is 0 Å². The number of nitrogens with zero attached hydrogens (tertiary/aromatic N) is 2. The van der Waals surface area contributed by atoms with Gasteiger partial charge < -0.3 is 24.6 Å². The minimum absolute atomic E-state index is 0.00747. The summed E-state index contributed by atoms with van der Waals surface area (Å²) in [5.41, 5.74) is -2.22. The third-order valence-corrected chi connectivity index (χ3v) is 9.04. The van der Waals surface area contributed by atoms with Gasteiger partial charge in [0.25, 0.3) is 5.56 Å². The molecule has 1 aliphatic carbocycles. The average molecular weight is 614 g/mol. The van der Waals surface area contributed by atoms with Crippen LogP contribution in [0.25, 0.3) is 0 Å². The van der Waals surface area contributed by atoms with Crippen molar-refractivity contribution in [3.63, 3.8) is 0 Å². The molecule has 0 unspecified atom stereocenters. The number of phenolic OH excluding ortho intramolecular Hbond substituents is 1. The zero-order valence-electron chi connectivity index (χ0n) is 23.1. The van der Waals surface area contributed by atoms with E-state index in [-0.39, 0.29) is 62.0 Å². The molecule has 3 aromatic rings. The van der Waals surface area contributed by atoms with Gasteiger partial charge in [-0.05, 0) is 24.1 Å². The fraction of sp³-hybridized carbons (Fsp3) is 0.310. The molecule has 3 atom stereocenters. The van der Waals surface area contributed by atoms with Crippen molar-refractivity contribution in [1.82, 2.24) is 9.13 Å². The average Bonchev–Trinajstić information content (AvgIpc) is 3.29. The second-order valence-electron chi connectivity index (χ2n) is 10.5. The predicted octanol–water partition coefficient (Wildman–Crippen LogP) is 3.55. The molecule has 2 N–H and O–H groups in total. The standard InChI is InChI=1S/C29H25Cl2N3O8/c1-11-8-14-19(24(36)29(11)25(37)20-16(40-4)10-17(41-5)22(31)23(20)42-29)18(12-6-7-15(35)13(30)9-12)21-26(32-14)33(2)28(39)34(3)27(21)38/h6-7,9-11,18,32,35H,8H2,1-5H3/t11-,18-,29+/m1/s1. The Morgan fingerprint density at radius 3 is 2.36 bits per heavy atom. The van der Waals surface area contributed by atoms with E-state index < -0.39 is 40.3 Å². The number of rotatable bonds is 3. The third-order valence-electron chi connectivity index (χ3n) is 8.38. The van der Waals surface area contributed by atoms with E-state index in [4.69, 9.17) is 37.4 Å². The first-order valence-corrected chi connectivity index (χ1v) is 13.7. The summed E-state index contributed by atoms with van der Waals surface area (Å²) < 4.78 is 19.3. The molecule has 0 bridgehead atoms. The highest BCUT2D eigenvalue weighted by molar-refractivity contribution is 6.36. The molecule has 0 saturated heterocycles. The molecule has 2 aliphatic heterocycles. The fourth-order valence-electron chi connectivity index (χ4n) is 6.22. The van der Waals surface area contributed by atoms with Crippen LogP contribution in [0.4, 0.5) is 5.82 Å². The number of halogens is 2. The van der Waals surface area contributed by atoms with Crippen LogP contribution >= 0.6 is 23.2 Å². The largest absolute Gasteiger partial charge is 0.506 e. The van der Waals surface area contributed by atoms with Crippen molar-refractivity contribution >= 4 is 40.6 Å². The summed E-state index contributed by atoms with van der Waals surface area (Å²) in [5.74, 6) is -2.79. The molecular weight excluding hydrogens is 589 g/mol. The van der Waals surface area contributed by atoms with Gasteiger partial charge in [-0.3, -0.25) is 23.5 Å². The van der Waals surface area contributed by atoms with Gasteiger partial charge in [-0.1, -0.05) is 36.2 Å². The van der Waals surface area contributed by atoms with Crippen LogP contribution in [0.2, 0.25) is 10.0 Å². The number of aromatic nitrogens is 2. The molecule has 0 radical (unpaired) electrons. The number of carbonyl (C=O) groups is 2. The van der Waals surface area contributed by atoms with Gasteiger partial charge in [0.2, 0.25) is 17.2 Å². The molecule has 11 nitrogen and oxygen atoms in total. The lowest BCUT2D eigenvalue weighted by Gasteiger charge is -2.42. The number of ether oxygens (including phenoxy) is 3. The first-order valence-electron chi connectivity index (χ1n) is 12.9. The lowest BCUT2D eigenvalue weighted by atomic mass is 9.66. The van der Waals surface area contributed by atoms with Crippen molar-refractivity contribution in [1.29, 1.82) is 0 Å². The number of hydrogen-bond acceptors (Lipinski definition) is 9. The van der Waals surface area contributed by atoms with E-state index in [1.165, 1.54) is 57.1 Å². The van der Waals surface area contributed by atoms with Crippen LogP contribution in [0.3, 0.4) is 0 Å². The highest BCUT2D eigenvalue weighted by atomic mass is 35.5. The smallest absolute Gasteiger partial charge is 0.332 e. The van der Waals surface area contributed by atoms with Gasteiger partial charge in [0, 0.05) is 43.3 Å². The van der Waals surface area contributed by atoms with Gasteiger partial charge in [0.15, 0.2) is 5.75 Å². The number of aromatic hydroxyl groups is 1. The number of hydrogen-bond donors (Lipinski definition) is 2. The van der Waals surface area contributed by atoms with E-state index in [1.54, 1.807) is 6.92 Å². The van der Waals surface area contributed by atoms with Crippen molar-refractivity contribution in [3.8, 4) is 23.0 Å². The zero-order valence-corrected chi connectivity index (χ0v) is 24.6. The molecule has 0 fully saturated rings. The molecule has 218 valence electrons. The Morgan fingerprint density at radius 2 is 1.71 bits per heavy atom. The van der Waals surface area contributed by atoms with Crippen LogP contribution in [0, 0.1) is 5.92 Å². The highest BCUT2D eigenvalue weighted by Crippen LogP contribution is 2.56. The molecule has 1 spiro atoms. The van der Waals surface area contributed by atoms with Gasteiger partial charge in [-0.2, -0.15) is 0 Å². The number of nitrogens with one attached hydrogen (secondary N) is 1. The van der Waals surface area contributed by atoms with Crippen molar-refractivity contribution in [2.45, 2.75) is 24.9 Å². The van der Waals surface area contributed by atoms with E-state index in [1.807, 2.05) is 0 Å². The van der Waals surface area contributed by atoms with Crippen LogP contribution in [-0.4, -0.2) is 45.6 Å². The number of fused-ring (bicyclic) bond motifs is 2. The zero-order chi connectivity index (χ0) is 30.4. The van der Waals surface area contributed by atoms with Gasteiger partial charge in [0.1, 0.15) is 33.7 Å².